The molecule has 5 heteroatoms. The lowest BCUT2D eigenvalue weighted by Gasteiger charge is -2.25. The van der Waals surface area contributed by atoms with Gasteiger partial charge in [0, 0.05) is 30.2 Å². The summed E-state index contributed by atoms with van der Waals surface area (Å²) in [7, 11) is 5.11. The number of ether oxygens (including phenoxy) is 2. The molecule has 0 saturated heterocycles. The number of hydrogen-bond donors (Lipinski definition) is 1. The molecule has 2 aromatic rings. The van der Waals surface area contributed by atoms with Gasteiger partial charge >= 0.3 is 0 Å². The van der Waals surface area contributed by atoms with Crippen LogP contribution in [0, 0.1) is 0 Å². The first-order valence-electron chi connectivity index (χ1n) is 6.92. The Kier molecular flexibility index (Phi) is 5.52. The molecule has 1 atom stereocenters. The Morgan fingerprint density at radius 1 is 1.14 bits per heavy atom. The summed E-state index contributed by atoms with van der Waals surface area (Å²) in [5, 5.41) is 11.0. The molecule has 0 aromatic heterocycles. The molecule has 22 heavy (non-hydrogen) atoms. The molecule has 0 saturated carbocycles. The molecule has 0 aliphatic carbocycles. The lowest BCUT2D eigenvalue weighted by molar-refractivity contribution is 0.185. The zero-order valence-corrected chi connectivity index (χ0v) is 13.7. The second kappa shape index (κ2) is 7.38. The summed E-state index contributed by atoms with van der Waals surface area (Å²) in [6.07, 6.45) is -0.689. The van der Waals surface area contributed by atoms with E-state index in [1.165, 1.54) is 0 Å². The van der Waals surface area contributed by atoms with E-state index in [2.05, 4.69) is 0 Å². The molecule has 0 bridgehead atoms. The Morgan fingerprint density at radius 3 is 2.50 bits per heavy atom. The lowest BCUT2D eigenvalue weighted by Crippen LogP contribution is -2.24. The third kappa shape index (κ3) is 3.64. The number of anilines is 1. The van der Waals surface area contributed by atoms with Crippen molar-refractivity contribution in [2.45, 2.75) is 6.10 Å². The SMILES string of the molecule is COc1ccc(N(C)C[C@@H](O)c2ccccc2Cl)c(OC)c1. The van der Waals surface area contributed by atoms with Crippen LogP contribution in [0.25, 0.3) is 0 Å². The maximum Gasteiger partial charge on any atom is 0.145 e. The van der Waals surface area contributed by atoms with E-state index in [9.17, 15) is 5.11 Å². The predicted octanol–water partition coefficient (Wildman–Crippen LogP) is 3.53. The van der Waals surface area contributed by atoms with Crippen molar-refractivity contribution in [3.8, 4) is 11.5 Å². The molecule has 0 spiro atoms. The van der Waals surface area contributed by atoms with E-state index >= 15 is 0 Å². The van der Waals surface area contributed by atoms with Gasteiger partial charge in [0.1, 0.15) is 11.5 Å². The van der Waals surface area contributed by atoms with Gasteiger partial charge < -0.3 is 19.5 Å². The molecular formula is C17H20ClNO3. The number of aliphatic hydroxyl groups is 1. The van der Waals surface area contributed by atoms with Crippen LogP contribution in [-0.4, -0.2) is 32.9 Å². The van der Waals surface area contributed by atoms with E-state index in [-0.39, 0.29) is 0 Å². The van der Waals surface area contributed by atoms with Crippen LogP contribution in [-0.2, 0) is 0 Å². The number of nitrogens with zero attached hydrogens (tertiary/aromatic N) is 1. The van der Waals surface area contributed by atoms with Crippen LogP contribution < -0.4 is 14.4 Å². The van der Waals surface area contributed by atoms with Crippen molar-refractivity contribution in [3.63, 3.8) is 0 Å². The summed E-state index contributed by atoms with van der Waals surface area (Å²) in [4.78, 5) is 1.92. The summed E-state index contributed by atoms with van der Waals surface area (Å²) in [5.41, 5.74) is 1.58. The number of rotatable bonds is 6. The fourth-order valence-electron chi connectivity index (χ4n) is 2.30. The van der Waals surface area contributed by atoms with Crippen molar-refractivity contribution in [1.82, 2.24) is 0 Å². The summed E-state index contributed by atoms with van der Waals surface area (Å²) < 4.78 is 10.6. The van der Waals surface area contributed by atoms with Gasteiger partial charge in [-0.2, -0.15) is 0 Å². The number of halogens is 1. The first-order chi connectivity index (χ1) is 10.6. The highest BCUT2D eigenvalue weighted by molar-refractivity contribution is 6.31. The van der Waals surface area contributed by atoms with Crippen LogP contribution in [0.15, 0.2) is 42.5 Å². The molecule has 1 N–H and O–H groups in total. The van der Waals surface area contributed by atoms with Gasteiger partial charge in [-0.05, 0) is 18.2 Å². The van der Waals surface area contributed by atoms with Crippen LogP contribution in [0.2, 0.25) is 5.02 Å². The summed E-state index contributed by atoms with van der Waals surface area (Å²) in [6, 6.07) is 12.9. The highest BCUT2D eigenvalue weighted by atomic mass is 35.5. The molecule has 118 valence electrons. The Labute approximate surface area is 135 Å². The Balaban J connectivity index is 2.18. The average Bonchev–Trinajstić information content (AvgIpc) is 2.54. The van der Waals surface area contributed by atoms with E-state index in [1.807, 2.05) is 48.3 Å². The molecular weight excluding hydrogens is 302 g/mol. The molecule has 0 radical (unpaired) electrons. The van der Waals surface area contributed by atoms with Crippen LogP contribution in [0.3, 0.4) is 0 Å². The minimum absolute atomic E-state index is 0.395. The Bertz CT molecular complexity index is 633. The van der Waals surface area contributed by atoms with Crippen molar-refractivity contribution in [3.05, 3.63) is 53.1 Å². The third-order valence-corrected chi connectivity index (χ3v) is 3.85. The molecule has 0 fully saturated rings. The quantitative estimate of drug-likeness (QED) is 0.884. The van der Waals surface area contributed by atoms with Gasteiger partial charge in [0.2, 0.25) is 0 Å². The van der Waals surface area contributed by atoms with Gasteiger partial charge in [-0.3, -0.25) is 0 Å². The van der Waals surface area contributed by atoms with Crippen LogP contribution in [0.5, 0.6) is 11.5 Å². The molecule has 0 unspecified atom stereocenters. The van der Waals surface area contributed by atoms with Crippen LogP contribution >= 0.6 is 11.6 Å². The lowest BCUT2D eigenvalue weighted by atomic mass is 10.1. The number of benzene rings is 2. The van der Waals surface area contributed by atoms with Gasteiger partial charge in [-0.1, -0.05) is 29.8 Å². The highest BCUT2D eigenvalue weighted by Crippen LogP contribution is 2.33. The van der Waals surface area contributed by atoms with E-state index < -0.39 is 6.10 Å². The molecule has 0 aliphatic rings. The maximum absolute atomic E-state index is 10.4. The maximum atomic E-state index is 10.4. The molecule has 2 rings (SSSR count). The molecule has 0 heterocycles. The van der Waals surface area contributed by atoms with Crippen molar-refractivity contribution in [2.24, 2.45) is 0 Å². The first kappa shape index (κ1) is 16.5. The second-order valence-electron chi connectivity index (χ2n) is 4.96. The average molecular weight is 322 g/mol. The second-order valence-corrected chi connectivity index (χ2v) is 5.36. The van der Waals surface area contributed by atoms with Crippen LogP contribution in [0.4, 0.5) is 5.69 Å². The Hall–Kier alpha value is -1.91. The number of aliphatic hydroxyl groups excluding tert-OH is 1. The van der Waals surface area contributed by atoms with Gasteiger partial charge in [-0.25, -0.2) is 0 Å². The zero-order valence-electron chi connectivity index (χ0n) is 12.9. The minimum atomic E-state index is -0.689. The Morgan fingerprint density at radius 2 is 1.86 bits per heavy atom. The predicted molar refractivity (Wildman–Crippen MR) is 89.2 cm³/mol. The van der Waals surface area contributed by atoms with E-state index in [1.54, 1.807) is 20.3 Å². The fraction of sp³-hybridized carbons (Fsp3) is 0.294. The third-order valence-electron chi connectivity index (χ3n) is 3.51. The summed E-state index contributed by atoms with van der Waals surface area (Å²) in [6.45, 7) is 0.395. The largest absolute Gasteiger partial charge is 0.497 e. The monoisotopic (exact) mass is 321 g/mol. The van der Waals surface area contributed by atoms with Crippen LogP contribution in [0.1, 0.15) is 11.7 Å². The smallest absolute Gasteiger partial charge is 0.145 e. The molecule has 0 aliphatic heterocycles. The number of likely N-dealkylation sites (N-methyl/N-ethyl adjacent to an activating group) is 1. The van der Waals surface area contributed by atoms with Gasteiger partial charge in [0.15, 0.2) is 0 Å². The van der Waals surface area contributed by atoms with Gasteiger partial charge in [-0.15, -0.1) is 0 Å². The van der Waals surface area contributed by atoms with E-state index in [0.717, 1.165) is 11.4 Å². The minimum Gasteiger partial charge on any atom is -0.497 e. The van der Waals surface area contributed by atoms with Gasteiger partial charge in [0.05, 0.1) is 26.0 Å². The molecule has 2 aromatic carbocycles. The topological polar surface area (TPSA) is 41.9 Å². The van der Waals surface area contributed by atoms with Crippen molar-refractivity contribution >= 4 is 17.3 Å². The van der Waals surface area contributed by atoms with Gasteiger partial charge in [0.25, 0.3) is 0 Å². The summed E-state index contributed by atoms with van der Waals surface area (Å²) in [5.74, 6) is 1.41. The highest BCUT2D eigenvalue weighted by Gasteiger charge is 2.16. The summed E-state index contributed by atoms with van der Waals surface area (Å²) >= 11 is 6.13. The van der Waals surface area contributed by atoms with E-state index in [0.29, 0.717) is 22.9 Å². The first-order valence-corrected chi connectivity index (χ1v) is 7.30. The molecule has 0 amide bonds. The zero-order chi connectivity index (χ0) is 16.1. The normalized spacial score (nSPS) is 11.9. The van der Waals surface area contributed by atoms with Crippen molar-refractivity contribution in [2.75, 3.05) is 32.7 Å². The fourth-order valence-corrected chi connectivity index (χ4v) is 2.56. The van der Waals surface area contributed by atoms with Crippen molar-refractivity contribution in [1.29, 1.82) is 0 Å². The standard InChI is InChI=1S/C17H20ClNO3/c1-19(11-16(20)13-6-4-5-7-14(13)18)15-9-8-12(21-2)10-17(15)22-3/h4-10,16,20H,11H2,1-3H3/t16-/m1/s1. The number of methoxy groups -OCH3 is 2. The number of hydrogen-bond acceptors (Lipinski definition) is 4. The van der Waals surface area contributed by atoms with Crippen molar-refractivity contribution < 1.29 is 14.6 Å². The van der Waals surface area contributed by atoms with E-state index in [4.69, 9.17) is 21.1 Å². The molecule has 4 nitrogen and oxygen atoms in total.